The molecule has 1 heterocycles. The zero-order chi connectivity index (χ0) is 17.9. The number of nitrogens with one attached hydrogen (secondary N) is 1. The average molecular weight is 436 g/mol. The molecular formula is C18H18BrN3OS2. The minimum atomic E-state index is -0.483. The fourth-order valence-corrected chi connectivity index (χ4v) is 5.49. The minimum absolute atomic E-state index is 0.0219. The zero-order valence-electron chi connectivity index (χ0n) is 13.8. The summed E-state index contributed by atoms with van der Waals surface area (Å²) in [5.74, 6) is 0.409. The molecule has 25 heavy (non-hydrogen) atoms. The highest BCUT2D eigenvalue weighted by atomic mass is 79.9. The van der Waals surface area contributed by atoms with Gasteiger partial charge in [-0.3, -0.25) is 4.79 Å². The average Bonchev–Trinajstić information content (AvgIpc) is 3.21. The topological polar surface area (TPSA) is 65.8 Å². The van der Waals surface area contributed by atoms with Gasteiger partial charge in [-0.25, -0.2) is 4.98 Å². The third-order valence-corrected chi connectivity index (χ3v) is 7.31. The van der Waals surface area contributed by atoms with Crippen LogP contribution in [0.15, 0.2) is 32.9 Å². The Hall–Kier alpha value is -1.36. The van der Waals surface area contributed by atoms with Gasteiger partial charge in [-0.15, -0.1) is 0 Å². The van der Waals surface area contributed by atoms with Crippen molar-refractivity contribution in [1.82, 2.24) is 4.98 Å². The van der Waals surface area contributed by atoms with Crippen LogP contribution in [-0.4, -0.2) is 16.6 Å². The van der Waals surface area contributed by atoms with Crippen molar-refractivity contribution >= 4 is 50.1 Å². The molecule has 1 amide bonds. The Morgan fingerprint density at radius 1 is 1.48 bits per heavy atom. The first-order valence-corrected chi connectivity index (χ1v) is 10.7. The van der Waals surface area contributed by atoms with Crippen LogP contribution in [0.1, 0.15) is 36.9 Å². The van der Waals surface area contributed by atoms with E-state index < -0.39 is 5.41 Å². The Kier molecular flexibility index (Phi) is 5.82. The number of anilines is 1. The van der Waals surface area contributed by atoms with Crippen LogP contribution < -0.4 is 5.32 Å². The lowest BCUT2D eigenvalue weighted by atomic mass is 9.78. The number of amides is 1. The number of aromatic nitrogens is 1. The van der Waals surface area contributed by atoms with E-state index in [1.165, 1.54) is 23.1 Å². The van der Waals surface area contributed by atoms with Gasteiger partial charge in [-0.1, -0.05) is 64.0 Å². The Labute approximate surface area is 164 Å². The van der Waals surface area contributed by atoms with E-state index in [-0.39, 0.29) is 5.91 Å². The number of halogens is 1. The second-order valence-corrected chi connectivity index (χ2v) is 9.25. The number of hydrogen-bond donors (Lipinski definition) is 1. The minimum Gasteiger partial charge on any atom is -0.301 e. The second-order valence-electron chi connectivity index (χ2n) is 6.09. The van der Waals surface area contributed by atoms with Gasteiger partial charge in [0.25, 0.3) is 0 Å². The fourth-order valence-electron chi connectivity index (χ4n) is 3.30. The number of thioether (sulfide) groups is 1. The van der Waals surface area contributed by atoms with Crippen LogP contribution in [0, 0.1) is 18.3 Å². The maximum Gasteiger partial charge on any atom is 0.236 e. The number of carbonyl (C=O) groups excluding carboxylic acids is 1. The molecule has 1 aliphatic rings. The van der Waals surface area contributed by atoms with Gasteiger partial charge in [0.1, 0.15) is 0 Å². The monoisotopic (exact) mass is 435 g/mol. The molecule has 0 saturated heterocycles. The van der Waals surface area contributed by atoms with Crippen molar-refractivity contribution in [2.24, 2.45) is 0 Å². The van der Waals surface area contributed by atoms with Gasteiger partial charge in [0.15, 0.2) is 5.13 Å². The molecule has 0 radical (unpaired) electrons. The van der Waals surface area contributed by atoms with Gasteiger partial charge in [-0.05, 0) is 37.5 Å². The first-order chi connectivity index (χ1) is 12.0. The van der Waals surface area contributed by atoms with Crippen LogP contribution in [0.2, 0.25) is 0 Å². The zero-order valence-corrected chi connectivity index (χ0v) is 17.1. The molecule has 0 spiro atoms. The lowest BCUT2D eigenvalue weighted by molar-refractivity contribution is -0.121. The molecule has 1 aromatic carbocycles. The van der Waals surface area contributed by atoms with Gasteiger partial charge >= 0.3 is 0 Å². The van der Waals surface area contributed by atoms with E-state index in [9.17, 15) is 4.79 Å². The number of benzene rings is 1. The number of hydrogen-bond acceptors (Lipinski definition) is 5. The molecule has 1 aliphatic carbocycles. The molecule has 1 saturated carbocycles. The fraction of sp³-hybridized carbons (Fsp3) is 0.389. The summed E-state index contributed by atoms with van der Waals surface area (Å²) < 4.78 is 1.98. The Morgan fingerprint density at radius 2 is 2.24 bits per heavy atom. The maximum absolute atomic E-state index is 13.2. The highest BCUT2D eigenvalue weighted by Crippen LogP contribution is 2.43. The SMILES string of the molecule is Cc1nc(NC(=O)C2(c3cccc(Br)c3)CCCC2)sc1SCC#N. The summed E-state index contributed by atoms with van der Waals surface area (Å²) in [4.78, 5) is 17.6. The predicted octanol–water partition coefficient (Wildman–Crippen LogP) is 5.28. The van der Waals surface area contributed by atoms with Crippen LogP contribution in [0.5, 0.6) is 0 Å². The van der Waals surface area contributed by atoms with E-state index in [2.05, 4.69) is 32.3 Å². The quantitative estimate of drug-likeness (QED) is 0.648. The number of carbonyl (C=O) groups is 1. The number of aryl methyl sites for hydroxylation is 1. The lowest BCUT2D eigenvalue weighted by Gasteiger charge is -2.28. The molecule has 0 unspecified atom stereocenters. The molecule has 1 N–H and O–H groups in total. The number of thiazole rings is 1. The third-order valence-electron chi connectivity index (χ3n) is 4.51. The summed E-state index contributed by atoms with van der Waals surface area (Å²) in [5, 5.41) is 12.4. The predicted molar refractivity (Wildman–Crippen MR) is 106 cm³/mol. The normalized spacial score (nSPS) is 15.7. The molecule has 7 heteroatoms. The molecule has 2 aromatic rings. The largest absolute Gasteiger partial charge is 0.301 e. The van der Waals surface area contributed by atoms with Crippen LogP contribution in [0.25, 0.3) is 0 Å². The molecule has 1 aromatic heterocycles. The van der Waals surface area contributed by atoms with Crippen LogP contribution in [-0.2, 0) is 10.2 Å². The number of nitriles is 1. The first-order valence-electron chi connectivity index (χ1n) is 8.10. The van der Waals surface area contributed by atoms with Crippen molar-refractivity contribution in [3.05, 3.63) is 40.0 Å². The van der Waals surface area contributed by atoms with E-state index in [0.717, 1.165) is 45.6 Å². The molecule has 0 bridgehead atoms. The lowest BCUT2D eigenvalue weighted by Crippen LogP contribution is -2.38. The number of nitrogens with zero attached hydrogens (tertiary/aromatic N) is 2. The summed E-state index contributed by atoms with van der Waals surface area (Å²) >= 11 is 6.42. The van der Waals surface area contributed by atoms with E-state index in [1.807, 2.05) is 31.2 Å². The van der Waals surface area contributed by atoms with Crippen LogP contribution in [0.3, 0.4) is 0 Å². The van der Waals surface area contributed by atoms with E-state index in [4.69, 9.17) is 5.26 Å². The Morgan fingerprint density at radius 3 is 2.92 bits per heavy atom. The Bertz CT molecular complexity index is 822. The molecular weight excluding hydrogens is 418 g/mol. The summed E-state index contributed by atoms with van der Waals surface area (Å²) in [6.07, 6.45) is 3.82. The van der Waals surface area contributed by atoms with Gasteiger partial charge in [0, 0.05) is 4.47 Å². The van der Waals surface area contributed by atoms with Crippen LogP contribution >= 0.6 is 39.0 Å². The highest BCUT2D eigenvalue weighted by Gasteiger charge is 2.43. The van der Waals surface area contributed by atoms with Gasteiger partial charge in [-0.2, -0.15) is 5.26 Å². The number of rotatable bonds is 5. The van der Waals surface area contributed by atoms with E-state index >= 15 is 0 Å². The van der Waals surface area contributed by atoms with E-state index in [1.54, 1.807) is 0 Å². The first kappa shape index (κ1) is 18.4. The van der Waals surface area contributed by atoms with Crippen molar-refractivity contribution in [2.45, 2.75) is 42.2 Å². The second kappa shape index (κ2) is 7.90. The highest BCUT2D eigenvalue weighted by molar-refractivity contribution is 9.10. The third kappa shape index (κ3) is 3.91. The van der Waals surface area contributed by atoms with Gasteiger partial charge in [0.05, 0.1) is 27.1 Å². The smallest absolute Gasteiger partial charge is 0.236 e. The molecule has 1 fully saturated rings. The summed E-state index contributed by atoms with van der Waals surface area (Å²) in [5.41, 5.74) is 1.44. The van der Waals surface area contributed by atoms with Gasteiger partial charge in [0.2, 0.25) is 5.91 Å². The maximum atomic E-state index is 13.2. The van der Waals surface area contributed by atoms with Crippen molar-refractivity contribution in [2.75, 3.05) is 11.1 Å². The van der Waals surface area contributed by atoms with Crippen molar-refractivity contribution < 1.29 is 4.79 Å². The molecule has 3 rings (SSSR count). The summed E-state index contributed by atoms with van der Waals surface area (Å²) in [7, 11) is 0. The van der Waals surface area contributed by atoms with Gasteiger partial charge < -0.3 is 5.32 Å². The molecule has 4 nitrogen and oxygen atoms in total. The molecule has 0 atom stereocenters. The molecule has 130 valence electrons. The summed E-state index contributed by atoms with van der Waals surface area (Å²) in [6, 6.07) is 10.2. The molecule has 0 aliphatic heterocycles. The Balaban J connectivity index is 1.84. The van der Waals surface area contributed by atoms with E-state index in [0.29, 0.717) is 10.9 Å². The van der Waals surface area contributed by atoms with Crippen molar-refractivity contribution in [1.29, 1.82) is 5.26 Å². The van der Waals surface area contributed by atoms with Crippen LogP contribution in [0.4, 0.5) is 5.13 Å². The summed E-state index contributed by atoms with van der Waals surface area (Å²) in [6.45, 7) is 1.91. The standard InChI is InChI=1S/C18H18BrN3OS2/c1-12-15(24-10-9-20)25-17(21-12)22-16(23)18(7-2-3-8-18)13-5-4-6-14(19)11-13/h4-6,11H,2-3,7-8,10H2,1H3,(H,21,22,23). The van der Waals surface area contributed by atoms with Crippen molar-refractivity contribution in [3.8, 4) is 6.07 Å². The van der Waals surface area contributed by atoms with Crippen molar-refractivity contribution in [3.63, 3.8) is 0 Å².